The molecule has 0 saturated carbocycles. The average molecular weight is 200 g/mol. The molecule has 0 aliphatic carbocycles. The molecule has 6 heteroatoms. The first-order valence-electron chi connectivity index (χ1n) is 3.64. The molecule has 0 amide bonds. The van der Waals surface area contributed by atoms with Crippen molar-refractivity contribution in [2.24, 2.45) is 0 Å². The molecule has 0 fully saturated rings. The molecule has 0 atom stereocenters. The first-order valence-corrected chi connectivity index (χ1v) is 4.38. The van der Waals surface area contributed by atoms with Gasteiger partial charge in [-0.25, -0.2) is 4.98 Å². The summed E-state index contributed by atoms with van der Waals surface area (Å²) in [5.74, 6) is 0. The monoisotopic (exact) mass is 200 g/mol. The summed E-state index contributed by atoms with van der Waals surface area (Å²) in [7, 11) is 0. The van der Waals surface area contributed by atoms with Crippen molar-refractivity contribution in [2.45, 2.75) is 11.9 Å². The maximum Gasteiger partial charge on any atom is 0.303 e. The highest BCUT2D eigenvalue weighted by Crippen LogP contribution is 2.26. The molecule has 1 aromatic rings. The third-order valence-corrected chi connectivity index (χ3v) is 2.03. The van der Waals surface area contributed by atoms with Crippen LogP contribution in [0, 0.1) is 10.1 Å². The summed E-state index contributed by atoms with van der Waals surface area (Å²) in [5, 5.41) is 10.8. The minimum atomic E-state index is -0.478. The van der Waals surface area contributed by atoms with Crippen molar-refractivity contribution in [3.63, 3.8) is 0 Å². The highest BCUT2D eigenvalue weighted by Gasteiger charge is 2.14. The summed E-state index contributed by atoms with van der Waals surface area (Å²) >= 11 is 0.923. The molecule has 0 aliphatic rings. The molecule has 0 spiro atoms. The van der Waals surface area contributed by atoms with Gasteiger partial charge in [0.05, 0.1) is 23.6 Å². The van der Waals surface area contributed by atoms with E-state index in [-0.39, 0.29) is 10.7 Å². The molecule has 1 heterocycles. The minimum Gasteiger partial charge on any atom is -0.309 e. The smallest absolute Gasteiger partial charge is 0.303 e. The van der Waals surface area contributed by atoms with E-state index in [0.29, 0.717) is 6.61 Å². The van der Waals surface area contributed by atoms with Crippen LogP contribution >= 0.6 is 12.0 Å². The Morgan fingerprint density at radius 3 is 3.15 bits per heavy atom. The van der Waals surface area contributed by atoms with Gasteiger partial charge < -0.3 is 4.18 Å². The van der Waals surface area contributed by atoms with Gasteiger partial charge in [-0.3, -0.25) is 10.1 Å². The van der Waals surface area contributed by atoms with Crippen LogP contribution < -0.4 is 0 Å². The maximum atomic E-state index is 10.5. The van der Waals surface area contributed by atoms with Crippen molar-refractivity contribution in [3.8, 4) is 0 Å². The fraction of sp³-hybridized carbons (Fsp3) is 0.286. The van der Waals surface area contributed by atoms with Crippen LogP contribution in [0.1, 0.15) is 6.92 Å². The van der Waals surface area contributed by atoms with E-state index >= 15 is 0 Å². The Kier molecular flexibility index (Phi) is 3.66. The lowest BCUT2D eigenvalue weighted by molar-refractivity contribution is -0.388. The van der Waals surface area contributed by atoms with Crippen molar-refractivity contribution in [3.05, 3.63) is 28.4 Å². The molecule has 1 rings (SSSR count). The van der Waals surface area contributed by atoms with E-state index in [1.807, 2.05) is 6.92 Å². The van der Waals surface area contributed by atoms with Crippen molar-refractivity contribution in [1.29, 1.82) is 0 Å². The van der Waals surface area contributed by atoms with E-state index in [1.165, 1.54) is 18.3 Å². The van der Waals surface area contributed by atoms with Crippen LogP contribution in [0.2, 0.25) is 0 Å². The maximum absolute atomic E-state index is 10.5. The zero-order valence-electron chi connectivity index (χ0n) is 6.97. The molecule has 0 N–H and O–H groups in total. The zero-order chi connectivity index (χ0) is 9.68. The van der Waals surface area contributed by atoms with Crippen molar-refractivity contribution in [2.75, 3.05) is 6.61 Å². The molecular weight excluding hydrogens is 192 g/mol. The van der Waals surface area contributed by atoms with Crippen molar-refractivity contribution in [1.82, 2.24) is 4.98 Å². The minimum absolute atomic E-state index is 0.0269. The van der Waals surface area contributed by atoms with Gasteiger partial charge in [0.15, 0.2) is 0 Å². The quantitative estimate of drug-likeness (QED) is 0.422. The number of rotatable bonds is 4. The second-order valence-corrected chi connectivity index (χ2v) is 2.86. The Balaban J connectivity index is 2.84. The predicted molar refractivity (Wildman–Crippen MR) is 48.4 cm³/mol. The van der Waals surface area contributed by atoms with Gasteiger partial charge in [-0.2, -0.15) is 0 Å². The predicted octanol–water partition coefficient (Wildman–Crippen LogP) is 2.03. The molecule has 0 radical (unpaired) electrons. The zero-order valence-corrected chi connectivity index (χ0v) is 7.78. The van der Waals surface area contributed by atoms with Gasteiger partial charge in [0, 0.05) is 12.3 Å². The standard InChI is InChI=1S/C7H8N2O3S/c1-2-12-13-7-6(9(10)11)4-3-5-8-7/h3-5H,2H2,1H3. The Labute approximate surface area is 79.5 Å². The van der Waals surface area contributed by atoms with Crippen LogP contribution in [-0.4, -0.2) is 16.5 Å². The Bertz CT molecular complexity index is 306. The first kappa shape index (κ1) is 9.94. The summed E-state index contributed by atoms with van der Waals surface area (Å²) in [6.45, 7) is 2.29. The van der Waals surface area contributed by atoms with Crippen LogP contribution in [0.25, 0.3) is 0 Å². The average Bonchev–Trinajstić information content (AvgIpc) is 2.15. The van der Waals surface area contributed by atoms with E-state index < -0.39 is 4.92 Å². The van der Waals surface area contributed by atoms with Crippen LogP contribution in [-0.2, 0) is 4.18 Å². The van der Waals surface area contributed by atoms with Gasteiger partial charge in [0.25, 0.3) is 0 Å². The molecule has 1 aromatic heterocycles. The van der Waals surface area contributed by atoms with Gasteiger partial charge in [0.2, 0.25) is 5.03 Å². The molecule has 70 valence electrons. The number of pyridine rings is 1. The normalized spacial score (nSPS) is 9.92. The SMILES string of the molecule is CCOSc1ncccc1[N+](=O)[O-]. The molecule has 0 aromatic carbocycles. The lowest BCUT2D eigenvalue weighted by atomic mass is 10.4. The largest absolute Gasteiger partial charge is 0.309 e. The van der Waals surface area contributed by atoms with E-state index in [0.717, 1.165) is 12.0 Å². The van der Waals surface area contributed by atoms with Gasteiger partial charge in [-0.05, 0) is 13.0 Å². The van der Waals surface area contributed by atoms with E-state index in [1.54, 1.807) is 0 Å². The van der Waals surface area contributed by atoms with E-state index in [4.69, 9.17) is 4.18 Å². The van der Waals surface area contributed by atoms with Gasteiger partial charge >= 0.3 is 5.69 Å². The highest BCUT2D eigenvalue weighted by molar-refractivity contribution is 7.94. The lowest BCUT2D eigenvalue weighted by Gasteiger charge is -1.98. The fourth-order valence-electron chi connectivity index (χ4n) is 0.700. The topological polar surface area (TPSA) is 65.3 Å². The number of hydrogen-bond acceptors (Lipinski definition) is 5. The number of aromatic nitrogens is 1. The third kappa shape index (κ3) is 2.67. The third-order valence-electron chi connectivity index (χ3n) is 1.20. The molecule has 0 aliphatic heterocycles. The Morgan fingerprint density at radius 2 is 2.54 bits per heavy atom. The summed E-state index contributed by atoms with van der Waals surface area (Å²) < 4.78 is 4.96. The second-order valence-electron chi connectivity index (χ2n) is 2.07. The molecule has 5 nitrogen and oxygen atoms in total. The second kappa shape index (κ2) is 4.78. The van der Waals surface area contributed by atoms with Crippen LogP contribution in [0.4, 0.5) is 5.69 Å². The van der Waals surface area contributed by atoms with Gasteiger partial charge in [0.1, 0.15) is 0 Å². The number of nitrogens with zero attached hydrogens (tertiary/aromatic N) is 2. The Hall–Kier alpha value is -1.14. The molecule has 13 heavy (non-hydrogen) atoms. The highest BCUT2D eigenvalue weighted by atomic mass is 32.2. The van der Waals surface area contributed by atoms with Crippen molar-refractivity contribution >= 4 is 17.7 Å². The Morgan fingerprint density at radius 1 is 1.77 bits per heavy atom. The van der Waals surface area contributed by atoms with E-state index in [9.17, 15) is 10.1 Å². The molecular formula is C7H8N2O3S. The number of hydrogen-bond donors (Lipinski definition) is 0. The molecule has 0 saturated heterocycles. The summed E-state index contributed by atoms with van der Waals surface area (Å²) in [6.07, 6.45) is 1.49. The van der Waals surface area contributed by atoms with E-state index in [2.05, 4.69) is 4.98 Å². The van der Waals surface area contributed by atoms with Gasteiger partial charge in [-0.1, -0.05) is 0 Å². The van der Waals surface area contributed by atoms with Gasteiger partial charge in [-0.15, -0.1) is 0 Å². The lowest BCUT2D eigenvalue weighted by Crippen LogP contribution is -1.93. The fourth-order valence-corrected chi connectivity index (χ4v) is 1.26. The summed E-state index contributed by atoms with van der Waals surface area (Å²) in [5.41, 5.74) is -0.0269. The number of nitro groups is 1. The van der Waals surface area contributed by atoms with Crippen LogP contribution in [0.15, 0.2) is 23.4 Å². The summed E-state index contributed by atoms with van der Waals surface area (Å²) in [4.78, 5) is 13.8. The van der Waals surface area contributed by atoms with Crippen molar-refractivity contribution < 1.29 is 9.11 Å². The van der Waals surface area contributed by atoms with Crippen LogP contribution in [0.5, 0.6) is 0 Å². The van der Waals surface area contributed by atoms with Crippen LogP contribution in [0.3, 0.4) is 0 Å². The molecule has 0 bridgehead atoms. The molecule has 0 unspecified atom stereocenters. The first-order chi connectivity index (χ1) is 6.25. The summed E-state index contributed by atoms with van der Waals surface area (Å²) in [6, 6.07) is 2.92.